The fourth-order valence-corrected chi connectivity index (χ4v) is 1.73. The van der Waals surface area contributed by atoms with Crippen LogP contribution in [0, 0.1) is 5.82 Å². The van der Waals surface area contributed by atoms with Gasteiger partial charge in [0.2, 0.25) is 0 Å². The van der Waals surface area contributed by atoms with Crippen molar-refractivity contribution in [1.29, 1.82) is 0 Å². The lowest BCUT2D eigenvalue weighted by Gasteiger charge is -2.07. The maximum atomic E-state index is 13.5. The van der Waals surface area contributed by atoms with Gasteiger partial charge in [0.05, 0.1) is 5.56 Å². The van der Waals surface area contributed by atoms with Gasteiger partial charge in [-0.25, -0.2) is 4.39 Å². The van der Waals surface area contributed by atoms with Gasteiger partial charge >= 0.3 is 0 Å². The maximum absolute atomic E-state index is 13.5. The molecule has 19 heavy (non-hydrogen) atoms. The molecule has 5 nitrogen and oxygen atoms in total. The fraction of sp³-hybridized carbons (Fsp3) is 0. The Hall–Kier alpha value is -2.15. The Morgan fingerprint density at radius 3 is 2.53 bits per heavy atom. The molecule has 2 amide bonds. The number of hydrazine groups is 1. The van der Waals surface area contributed by atoms with Crippen molar-refractivity contribution in [1.82, 2.24) is 15.8 Å². The summed E-state index contributed by atoms with van der Waals surface area (Å²) < 4.78 is 14.0. The standard InChI is InChI=1S/C12H9BrFN3O2/c13-7-3-4-8(9(14)6-7)11(18)16-17-12(19)10-2-1-5-15-10/h1-6,15H,(H,16,18)(H,17,19). The van der Waals surface area contributed by atoms with Crippen molar-refractivity contribution in [3.05, 3.63) is 58.1 Å². The van der Waals surface area contributed by atoms with E-state index in [1.54, 1.807) is 18.3 Å². The fourth-order valence-electron chi connectivity index (χ4n) is 1.39. The first-order chi connectivity index (χ1) is 9.08. The summed E-state index contributed by atoms with van der Waals surface area (Å²) in [4.78, 5) is 25.9. The highest BCUT2D eigenvalue weighted by Crippen LogP contribution is 2.14. The van der Waals surface area contributed by atoms with Crippen molar-refractivity contribution in [2.75, 3.05) is 0 Å². The van der Waals surface area contributed by atoms with Gasteiger partial charge in [0.25, 0.3) is 11.8 Å². The first kappa shape index (κ1) is 13.3. The molecule has 0 radical (unpaired) electrons. The SMILES string of the molecule is O=C(NNC(=O)c1ccc(Br)cc1F)c1ccc[nH]1. The normalized spacial score (nSPS) is 10.0. The summed E-state index contributed by atoms with van der Waals surface area (Å²) >= 11 is 3.09. The van der Waals surface area contributed by atoms with Gasteiger partial charge in [0, 0.05) is 10.7 Å². The van der Waals surface area contributed by atoms with E-state index in [-0.39, 0.29) is 11.3 Å². The number of hydrogen-bond acceptors (Lipinski definition) is 2. The second-order valence-electron chi connectivity index (χ2n) is 3.62. The molecule has 1 heterocycles. The Labute approximate surface area is 116 Å². The van der Waals surface area contributed by atoms with Crippen LogP contribution in [0.4, 0.5) is 4.39 Å². The van der Waals surface area contributed by atoms with Crippen LogP contribution in [-0.2, 0) is 0 Å². The van der Waals surface area contributed by atoms with E-state index < -0.39 is 17.6 Å². The Balaban J connectivity index is 2.00. The van der Waals surface area contributed by atoms with Crippen LogP contribution in [0.2, 0.25) is 0 Å². The first-order valence-corrected chi connectivity index (χ1v) is 6.06. The highest BCUT2D eigenvalue weighted by molar-refractivity contribution is 9.10. The van der Waals surface area contributed by atoms with Gasteiger partial charge in [-0.15, -0.1) is 0 Å². The van der Waals surface area contributed by atoms with Crippen molar-refractivity contribution < 1.29 is 14.0 Å². The molecule has 2 aromatic rings. The van der Waals surface area contributed by atoms with E-state index in [1.165, 1.54) is 18.2 Å². The van der Waals surface area contributed by atoms with Crippen molar-refractivity contribution >= 4 is 27.7 Å². The van der Waals surface area contributed by atoms with Crippen LogP contribution in [0.5, 0.6) is 0 Å². The summed E-state index contributed by atoms with van der Waals surface area (Å²) in [6.45, 7) is 0. The molecule has 3 N–H and O–H groups in total. The number of rotatable bonds is 2. The summed E-state index contributed by atoms with van der Waals surface area (Å²) in [6, 6.07) is 7.20. The minimum atomic E-state index is -0.732. The molecule has 2 rings (SSSR count). The number of hydrogen-bond donors (Lipinski definition) is 3. The Morgan fingerprint density at radius 1 is 1.16 bits per heavy atom. The summed E-state index contributed by atoms with van der Waals surface area (Å²) in [5.74, 6) is -1.93. The van der Waals surface area contributed by atoms with Gasteiger partial charge in [-0.1, -0.05) is 15.9 Å². The molecule has 0 saturated heterocycles. The van der Waals surface area contributed by atoms with Crippen LogP contribution in [0.25, 0.3) is 0 Å². The van der Waals surface area contributed by atoms with E-state index in [0.29, 0.717) is 4.47 Å². The molecule has 0 unspecified atom stereocenters. The molecule has 0 saturated carbocycles. The van der Waals surface area contributed by atoms with E-state index in [2.05, 4.69) is 31.8 Å². The predicted molar refractivity (Wildman–Crippen MR) is 69.8 cm³/mol. The van der Waals surface area contributed by atoms with Gasteiger partial charge in [-0.2, -0.15) is 0 Å². The largest absolute Gasteiger partial charge is 0.357 e. The zero-order valence-electron chi connectivity index (χ0n) is 9.54. The number of carbonyl (C=O) groups is 2. The van der Waals surface area contributed by atoms with Crippen molar-refractivity contribution in [2.24, 2.45) is 0 Å². The summed E-state index contributed by atoms with van der Waals surface area (Å²) in [5, 5.41) is 0. The molecule has 0 bridgehead atoms. The van der Waals surface area contributed by atoms with Crippen molar-refractivity contribution in [2.45, 2.75) is 0 Å². The second-order valence-corrected chi connectivity index (χ2v) is 4.53. The molecule has 0 aliphatic rings. The third-order valence-corrected chi connectivity index (χ3v) is 2.80. The molecule has 0 fully saturated rings. The Kier molecular flexibility index (Phi) is 3.96. The van der Waals surface area contributed by atoms with Crippen LogP contribution in [-0.4, -0.2) is 16.8 Å². The smallest absolute Gasteiger partial charge is 0.286 e. The molecule has 98 valence electrons. The number of amides is 2. The van der Waals surface area contributed by atoms with Crippen LogP contribution < -0.4 is 10.9 Å². The lowest BCUT2D eigenvalue weighted by atomic mass is 10.2. The van der Waals surface area contributed by atoms with E-state index in [4.69, 9.17) is 0 Å². The van der Waals surface area contributed by atoms with E-state index in [9.17, 15) is 14.0 Å². The summed E-state index contributed by atoms with van der Waals surface area (Å²) in [7, 11) is 0. The predicted octanol–water partition coefficient (Wildman–Crippen LogP) is 1.99. The number of halogens is 2. The number of aromatic nitrogens is 1. The number of carbonyl (C=O) groups excluding carboxylic acids is 2. The molecular weight excluding hydrogens is 317 g/mol. The van der Waals surface area contributed by atoms with Crippen molar-refractivity contribution in [3.63, 3.8) is 0 Å². The van der Waals surface area contributed by atoms with Gasteiger partial charge < -0.3 is 4.98 Å². The van der Waals surface area contributed by atoms with Gasteiger partial charge in [0.1, 0.15) is 11.5 Å². The van der Waals surface area contributed by atoms with E-state index in [1.807, 2.05) is 0 Å². The third-order valence-electron chi connectivity index (χ3n) is 2.31. The van der Waals surface area contributed by atoms with Crippen LogP contribution in [0.15, 0.2) is 41.0 Å². The van der Waals surface area contributed by atoms with Gasteiger partial charge in [-0.05, 0) is 30.3 Å². The summed E-state index contributed by atoms with van der Waals surface area (Å²) in [5.41, 5.74) is 4.44. The minimum absolute atomic E-state index is 0.157. The Bertz CT molecular complexity index is 613. The molecule has 0 aliphatic heterocycles. The number of H-pyrrole nitrogens is 1. The molecular formula is C12H9BrFN3O2. The third kappa shape index (κ3) is 3.19. The van der Waals surface area contributed by atoms with Crippen LogP contribution in [0.3, 0.4) is 0 Å². The molecule has 1 aromatic carbocycles. The quantitative estimate of drug-likeness (QED) is 0.739. The highest BCUT2D eigenvalue weighted by Gasteiger charge is 2.13. The minimum Gasteiger partial charge on any atom is -0.357 e. The number of nitrogens with one attached hydrogen (secondary N) is 3. The maximum Gasteiger partial charge on any atom is 0.286 e. The zero-order valence-corrected chi connectivity index (χ0v) is 11.1. The molecule has 1 aromatic heterocycles. The number of aromatic amines is 1. The Morgan fingerprint density at radius 2 is 1.89 bits per heavy atom. The van der Waals surface area contributed by atoms with Crippen molar-refractivity contribution in [3.8, 4) is 0 Å². The number of benzene rings is 1. The topological polar surface area (TPSA) is 74.0 Å². The van der Waals surface area contributed by atoms with Gasteiger partial charge in [-0.3, -0.25) is 20.4 Å². The lowest BCUT2D eigenvalue weighted by molar-refractivity contribution is 0.0842. The van der Waals surface area contributed by atoms with Crippen LogP contribution in [0.1, 0.15) is 20.8 Å². The van der Waals surface area contributed by atoms with E-state index >= 15 is 0 Å². The van der Waals surface area contributed by atoms with Crippen LogP contribution >= 0.6 is 15.9 Å². The monoisotopic (exact) mass is 325 g/mol. The molecule has 0 aliphatic carbocycles. The average Bonchev–Trinajstić information content (AvgIpc) is 2.89. The highest BCUT2D eigenvalue weighted by atomic mass is 79.9. The summed E-state index contributed by atoms with van der Waals surface area (Å²) in [6.07, 6.45) is 1.57. The van der Waals surface area contributed by atoms with Gasteiger partial charge in [0.15, 0.2) is 0 Å². The lowest BCUT2D eigenvalue weighted by Crippen LogP contribution is -2.42. The first-order valence-electron chi connectivity index (χ1n) is 5.27. The molecule has 0 spiro atoms. The molecule has 0 atom stereocenters. The molecule has 7 heteroatoms. The van der Waals surface area contributed by atoms with E-state index in [0.717, 1.165) is 0 Å². The zero-order chi connectivity index (χ0) is 13.8. The average molecular weight is 326 g/mol. The second kappa shape index (κ2) is 5.66.